The fraction of sp³-hybridized carbons (Fsp3) is 0.571. The van der Waals surface area contributed by atoms with Gasteiger partial charge in [0.2, 0.25) is 11.7 Å². The van der Waals surface area contributed by atoms with E-state index >= 15 is 0 Å². The van der Waals surface area contributed by atoms with Gasteiger partial charge in [0, 0.05) is 24.7 Å². The SMILES string of the molecule is COC(=O)c1occc1CN1C[C@@H](C(N)=O)CC[C@@H]1C. The maximum Gasteiger partial charge on any atom is 0.374 e. The first kappa shape index (κ1) is 14.6. The molecular formula is C14H20N2O4. The minimum Gasteiger partial charge on any atom is -0.463 e. The Morgan fingerprint density at radius 3 is 2.90 bits per heavy atom. The van der Waals surface area contributed by atoms with E-state index in [1.807, 2.05) is 0 Å². The van der Waals surface area contributed by atoms with Crippen molar-refractivity contribution < 1.29 is 18.7 Å². The van der Waals surface area contributed by atoms with Gasteiger partial charge >= 0.3 is 5.97 Å². The molecule has 2 atom stereocenters. The molecular weight excluding hydrogens is 260 g/mol. The molecule has 20 heavy (non-hydrogen) atoms. The first-order valence-electron chi connectivity index (χ1n) is 6.71. The normalized spacial score (nSPS) is 23.5. The Morgan fingerprint density at radius 1 is 1.50 bits per heavy atom. The number of carbonyl (C=O) groups is 2. The summed E-state index contributed by atoms with van der Waals surface area (Å²) in [5, 5.41) is 0. The molecule has 0 unspecified atom stereocenters. The van der Waals surface area contributed by atoms with E-state index in [1.54, 1.807) is 6.07 Å². The molecule has 0 radical (unpaired) electrons. The molecule has 0 spiro atoms. The second-order valence-corrected chi connectivity index (χ2v) is 5.22. The third-order valence-electron chi connectivity index (χ3n) is 3.90. The zero-order valence-electron chi connectivity index (χ0n) is 11.8. The van der Waals surface area contributed by atoms with Gasteiger partial charge in [0.15, 0.2) is 0 Å². The van der Waals surface area contributed by atoms with Gasteiger partial charge in [0.1, 0.15) is 0 Å². The van der Waals surface area contributed by atoms with Crippen LogP contribution in [-0.2, 0) is 16.1 Å². The number of carbonyl (C=O) groups excluding carboxylic acids is 2. The lowest BCUT2D eigenvalue weighted by Gasteiger charge is -2.36. The molecule has 0 bridgehead atoms. The standard InChI is InChI=1S/C14H20N2O4/c1-9-3-4-11(13(15)17)8-16(9)7-10-5-6-20-12(10)14(18)19-2/h5-6,9,11H,3-4,7-8H2,1-2H3,(H2,15,17)/t9-,11-/m0/s1. The molecule has 1 aliphatic rings. The van der Waals surface area contributed by atoms with Gasteiger partial charge in [-0.05, 0) is 25.8 Å². The first-order chi connectivity index (χ1) is 9.52. The summed E-state index contributed by atoms with van der Waals surface area (Å²) in [7, 11) is 1.32. The fourth-order valence-electron chi connectivity index (χ4n) is 2.58. The molecule has 0 saturated carbocycles. The van der Waals surface area contributed by atoms with Gasteiger partial charge in [0.25, 0.3) is 0 Å². The molecule has 1 aliphatic heterocycles. The van der Waals surface area contributed by atoms with Gasteiger partial charge < -0.3 is 14.9 Å². The Bertz CT molecular complexity index is 497. The van der Waals surface area contributed by atoms with Crippen molar-refractivity contribution in [2.24, 2.45) is 11.7 Å². The van der Waals surface area contributed by atoms with Gasteiger partial charge in [-0.25, -0.2) is 4.79 Å². The fourth-order valence-corrected chi connectivity index (χ4v) is 2.58. The lowest BCUT2D eigenvalue weighted by Crippen LogP contribution is -2.45. The molecule has 0 aromatic carbocycles. The highest BCUT2D eigenvalue weighted by Gasteiger charge is 2.30. The summed E-state index contributed by atoms with van der Waals surface area (Å²) in [4.78, 5) is 25.1. The molecule has 110 valence electrons. The average molecular weight is 280 g/mol. The van der Waals surface area contributed by atoms with Crippen LogP contribution in [0.5, 0.6) is 0 Å². The Labute approximate surface area is 117 Å². The third-order valence-corrected chi connectivity index (χ3v) is 3.90. The van der Waals surface area contributed by atoms with Gasteiger partial charge in [-0.2, -0.15) is 0 Å². The highest BCUT2D eigenvalue weighted by atomic mass is 16.5. The number of hydrogen-bond acceptors (Lipinski definition) is 5. The highest BCUT2D eigenvalue weighted by molar-refractivity contribution is 5.87. The second kappa shape index (κ2) is 6.09. The Balaban J connectivity index is 2.10. The van der Waals surface area contributed by atoms with Crippen molar-refractivity contribution in [2.75, 3.05) is 13.7 Å². The zero-order valence-corrected chi connectivity index (χ0v) is 11.8. The van der Waals surface area contributed by atoms with Crippen molar-refractivity contribution in [1.82, 2.24) is 4.90 Å². The highest BCUT2D eigenvalue weighted by Crippen LogP contribution is 2.25. The van der Waals surface area contributed by atoms with E-state index in [0.29, 0.717) is 19.1 Å². The molecule has 6 nitrogen and oxygen atoms in total. The monoisotopic (exact) mass is 280 g/mol. The number of methoxy groups -OCH3 is 1. The molecule has 1 aromatic heterocycles. The van der Waals surface area contributed by atoms with E-state index in [1.165, 1.54) is 13.4 Å². The van der Waals surface area contributed by atoms with Crippen LogP contribution in [-0.4, -0.2) is 36.5 Å². The van der Waals surface area contributed by atoms with Crippen molar-refractivity contribution in [3.63, 3.8) is 0 Å². The summed E-state index contributed by atoms with van der Waals surface area (Å²) in [5.41, 5.74) is 6.16. The van der Waals surface area contributed by atoms with Crippen LogP contribution in [0, 0.1) is 5.92 Å². The number of likely N-dealkylation sites (tertiary alicyclic amines) is 1. The number of amides is 1. The Kier molecular flexibility index (Phi) is 4.44. The topological polar surface area (TPSA) is 85.8 Å². The zero-order chi connectivity index (χ0) is 14.7. The van der Waals surface area contributed by atoms with E-state index in [4.69, 9.17) is 10.2 Å². The van der Waals surface area contributed by atoms with Crippen LogP contribution in [0.4, 0.5) is 0 Å². The minimum absolute atomic E-state index is 0.125. The lowest BCUT2D eigenvalue weighted by atomic mass is 9.92. The molecule has 2 rings (SSSR count). The van der Waals surface area contributed by atoms with Gasteiger partial charge in [-0.3, -0.25) is 9.69 Å². The molecule has 6 heteroatoms. The number of nitrogens with zero attached hydrogens (tertiary/aromatic N) is 1. The van der Waals surface area contributed by atoms with E-state index in [2.05, 4.69) is 16.6 Å². The van der Waals surface area contributed by atoms with Gasteiger partial charge in [0.05, 0.1) is 19.3 Å². The predicted octanol–water partition coefficient (Wildman–Crippen LogP) is 1.15. The molecule has 1 fully saturated rings. The third kappa shape index (κ3) is 3.01. The molecule has 1 saturated heterocycles. The molecule has 1 amide bonds. The van der Waals surface area contributed by atoms with Crippen molar-refractivity contribution in [1.29, 1.82) is 0 Å². The summed E-state index contributed by atoms with van der Waals surface area (Å²) in [6.45, 7) is 3.27. The number of esters is 1. The number of primary amides is 1. The van der Waals surface area contributed by atoms with Crippen LogP contribution in [0.2, 0.25) is 0 Å². The smallest absolute Gasteiger partial charge is 0.374 e. The summed E-state index contributed by atoms with van der Waals surface area (Å²) in [6, 6.07) is 2.10. The van der Waals surface area contributed by atoms with Crippen LogP contribution in [0.15, 0.2) is 16.7 Å². The number of ether oxygens (including phenoxy) is 1. The van der Waals surface area contributed by atoms with Crippen LogP contribution in [0.25, 0.3) is 0 Å². The van der Waals surface area contributed by atoms with Crippen molar-refractivity contribution in [3.05, 3.63) is 23.7 Å². The first-order valence-corrected chi connectivity index (χ1v) is 6.71. The van der Waals surface area contributed by atoms with Gasteiger partial charge in [-0.1, -0.05) is 0 Å². The maximum atomic E-state index is 11.6. The summed E-state index contributed by atoms with van der Waals surface area (Å²) < 4.78 is 9.86. The van der Waals surface area contributed by atoms with Crippen LogP contribution < -0.4 is 5.73 Å². The molecule has 1 aromatic rings. The van der Waals surface area contributed by atoms with E-state index < -0.39 is 5.97 Å². The van der Waals surface area contributed by atoms with E-state index in [9.17, 15) is 9.59 Å². The molecule has 2 heterocycles. The van der Waals surface area contributed by atoms with Crippen molar-refractivity contribution in [3.8, 4) is 0 Å². The van der Waals surface area contributed by atoms with E-state index in [-0.39, 0.29) is 17.6 Å². The van der Waals surface area contributed by atoms with E-state index in [0.717, 1.165) is 18.4 Å². The number of piperidine rings is 1. The summed E-state index contributed by atoms with van der Waals surface area (Å²) in [6.07, 6.45) is 3.21. The molecule has 0 aliphatic carbocycles. The lowest BCUT2D eigenvalue weighted by molar-refractivity contribution is -0.124. The number of nitrogens with two attached hydrogens (primary N) is 1. The van der Waals surface area contributed by atoms with Crippen LogP contribution in [0.3, 0.4) is 0 Å². The van der Waals surface area contributed by atoms with Gasteiger partial charge in [-0.15, -0.1) is 0 Å². The summed E-state index contributed by atoms with van der Waals surface area (Å²) >= 11 is 0. The van der Waals surface area contributed by atoms with Crippen molar-refractivity contribution >= 4 is 11.9 Å². The van der Waals surface area contributed by atoms with Crippen LogP contribution in [0.1, 0.15) is 35.9 Å². The second-order valence-electron chi connectivity index (χ2n) is 5.22. The quantitative estimate of drug-likeness (QED) is 0.836. The molecule has 2 N–H and O–H groups in total. The Hall–Kier alpha value is -1.82. The minimum atomic E-state index is -0.485. The number of rotatable bonds is 4. The van der Waals surface area contributed by atoms with Crippen LogP contribution >= 0.6 is 0 Å². The average Bonchev–Trinajstić information content (AvgIpc) is 2.88. The maximum absolute atomic E-state index is 11.6. The number of furan rings is 1. The predicted molar refractivity (Wildman–Crippen MR) is 71.8 cm³/mol. The van der Waals surface area contributed by atoms with Crippen molar-refractivity contribution in [2.45, 2.75) is 32.4 Å². The summed E-state index contributed by atoms with van der Waals surface area (Å²) in [5.74, 6) is -0.649. The largest absolute Gasteiger partial charge is 0.463 e. The number of hydrogen-bond donors (Lipinski definition) is 1. The Morgan fingerprint density at radius 2 is 2.25 bits per heavy atom.